The number of rotatable bonds is 9. The molecule has 21 heavy (non-hydrogen) atoms. The number of ether oxygens (including phenoxy) is 1. The summed E-state index contributed by atoms with van der Waals surface area (Å²) >= 11 is 0. The molecule has 0 atom stereocenters. The monoisotopic (exact) mass is 304 g/mol. The molecule has 1 aromatic carbocycles. The Balaban J connectivity index is 2.38. The summed E-state index contributed by atoms with van der Waals surface area (Å²) in [5.41, 5.74) is 6.58. The van der Waals surface area contributed by atoms with E-state index < -0.39 is 12.7 Å². The van der Waals surface area contributed by atoms with E-state index in [0.717, 1.165) is 12.0 Å². The largest absolute Gasteiger partial charge is 0.492 e. The van der Waals surface area contributed by atoms with Crippen molar-refractivity contribution in [3.05, 3.63) is 29.8 Å². The fraction of sp³-hybridized carbons (Fsp3) is 0.600. The smallest absolute Gasteiger partial charge is 0.401 e. The molecule has 0 heterocycles. The minimum Gasteiger partial charge on any atom is -0.492 e. The number of alkyl halides is 3. The molecule has 0 saturated heterocycles. The van der Waals surface area contributed by atoms with Crippen molar-refractivity contribution in [2.75, 3.05) is 32.8 Å². The van der Waals surface area contributed by atoms with Crippen LogP contribution in [0.25, 0.3) is 0 Å². The average Bonchev–Trinajstić information content (AvgIpc) is 2.39. The zero-order chi connectivity index (χ0) is 15.7. The van der Waals surface area contributed by atoms with E-state index in [9.17, 15) is 13.2 Å². The Labute approximate surface area is 123 Å². The first-order chi connectivity index (χ1) is 9.94. The molecule has 1 aromatic rings. The van der Waals surface area contributed by atoms with Crippen LogP contribution in [0.15, 0.2) is 24.3 Å². The van der Waals surface area contributed by atoms with E-state index in [2.05, 4.69) is 0 Å². The molecule has 0 bridgehead atoms. The summed E-state index contributed by atoms with van der Waals surface area (Å²) in [5, 5.41) is 0. The van der Waals surface area contributed by atoms with Crippen LogP contribution >= 0.6 is 0 Å². The third kappa shape index (κ3) is 7.92. The number of hydrogen-bond donors (Lipinski definition) is 1. The zero-order valence-corrected chi connectivity index (χ0v) is 12.3. The lowest BCUT2D eigenvalue weighted by molar-refractivity contribution is -0.146. The second-order valence-electron chi connectivity index (χ2n) is 4.92. The number of benzene rings is 1. The number of hydrogen-bond acceptors (Lipinski definition) is 3. The van der Waals surface area contributed by atoms with E-state index in [-0.39, 0.29) is 13.2 Å². The van der Waals surface area contributed by atoms with Gasteiger partial charge in [-0.15, -0.1) is 0 Å². The number of nitrogens with zero attached hydrogens (tertiary/aromatic N) is 1. The van der Waals surface area contributed by atoms with E-state index >= 15 is 0 Å². The van der Waals surface area contributed by atoms with Gasteiger partial charge < -0.3 is 10.5 Å². The summed E-state index contributed by atoms with van der Waals surface area (Å²) in [5.74, 6) is 0.666. The van der Waals surface area contributed by atoms with Gasteiger partial charge in [0.2, 0.25) is 0 Å². The van der Waals surface area contributed by atoms with Crippen molar-refractivity contribution in [3.8, 4) is 5.75 Å². The molecule has 0 amide bonds. The molecular formula is C15H23F3N2O. The van der Waals surface area contributed by atoms with Gasteiger partial charge >= 0.3 is 6.18 Å². The average molecular weight is 304 g/mol. The Morgan fingerprint density at radius 3 is 2.33 bits per heavy atom. The van der Waals surface area contributed by atoms with Gasteiger partial charge in [0, 0.05) is 6.54 Å². The topological polar surface area (TPSA) is 38.5 Å². The van der Waals surface area contributed by atoms with Gasteiger partial charge in [-0.1, -0.05) is 19.1 Å². The van der Waals surface area contributed by atoms with Gasteiger partial charge in [-0.25, -0.2) is 0 Å². The highest BCUT2D eigenvalue weighted by molar-refractivity contribution is 5.27. The SMILES string of the molecule is CCCN(CCOc1ccc(CCN)cc1)CC(F)(F)F. The van der Waals surface area contributed by atoms with Crippen molar-refractivity contribution in [1.29, 1.82) is 0 Å². The Morgan fingerprint density at radius 1 is 1.14 bits per heavy atom. The minimum absolute atomic E-state index is 0.242. The molecule has 2 N–H and O–H groups in total. The molecule has 0 radical (unpaired) electrons. The molecule has 120 valence electrons. The van der Waals surface area contributed by atoms with Gasteiger partial charge in [-0.3, -0.25) is 4.90 Å². The fourth-order valence-corrected chi connectivity index (χ4v) is 2.05. The first-order valence-electron chi connectivity index (χ1n) is 7.15. The first-order valence-corrected chi connectivity index (χ1v) is 7.15. The van der Waals surface area contributed by atoms with Crippen molar-refractivity contribution in [2.24, 2.45) is 5.73 Å². The van der Waals surface area contributed by atoms with Gasteiger partial charge in [0.25, 0.3) is 0 Å². The van der Waals surface area contributed by atoms with Gasteiger partial charge in [-0.2, -0.15) is 13.2 Å². The Bertz CT molecular complexity index is 393. The van der Waals surface area contributed by atoms with Gasteiger partial charge in [0.1, 0.15) is 12.4 Å². The van der Waals surface area contributed by atoms with Crippen LogP contribution in [0.2, 0.25) is 0 Å². The minimum atomic E-state index is -4.17. The Morgan fingerprint density at radius 2 is 1.81 bits per heavy atom. The highest BCUT2D eigenvalue weighted by Gasteiger charge is 2.30. The van der Waals surface area contributed by atoms with E-state index in [1.165, 1.54) is 4.90 Å². The summed E-state index contributed by atoms with van der Waals surface area (Å²) in [4.78, 5) is 1.36. The molecule has 0 aliphatic carbocycles. The summed E-state index contributed by atoms with van der Waals surface area (Å²) in [6.07, 6.45) is -2.68. The molecule has 0 unspecified atom stereocenters. The van der Waals surface area contributed by atoms with Crippen molar-refractivity contribution >= 4 is 0 Å². The van der Waals surface area contributed by atoms with E-state index in [1.807, 2.05) is 31.2 Å². The zero-order valence-electron chi connectivity index (χ0n) is 12.3. The second kappa shape index (κ2) is 8.89. The van der Waals surface area contributed by atoms with Crippen LogP contribution in [0.3, 0.4) is 0 Å². The van der Waals surface area contributed by atoms with Crippen LogP contribution in [-0.2, 0) is 6.42 Å². The van der Waals surface area contributed by atoms with Crippen molar-refractivity contribution in [2.45, 2.75) is 25.9 Å². The third-order valence-corrected chi connectivity index (χ3v) is 2.98. The first kappa shape index (κ1) is 17.8. The molecule has 0 fully saturated rings. The van der Waals surface area contributed by atoms with Gasteiger partial charge in [-0.05, 0) is 43.6 Å². The maximum absolute atomic E-state index is 12.4. The van der Waals surface area contributed by atoms with Gasteiger partial charge in [0.05, 0.1) is 6.54 Å². The summed E-state index contributed by atoms with van der Waals surface area (Å²) in [6.45, 7) is 2.48. The van der Waals surface area contributed by atoms with E-state index in [4.69, 9.17) is 10.5 Å². The molecule has 0 aliphatic heterocycles. The molecule has 1 rings (SSSR count). The lowest BCUT2D eigenvalue weighted by Crippen LogP contribution is -2.37. The quantitative estimate of drug-likeness (QED) is 0.762. The predicted molar refractivity (Wildman–Crippen MR) is 77.5 cm³/mol. The predicted octanol–water partition coefficient (Wildman–Crippen LogP) is 2.84. The number of nitrogens with two attached hydrogens (primary N) is 1. The number of halogens is 3. The van der Waals surface area contributed by atoms with Crippen LogP contribution in [0.1, 0.15) is 18.9 Å². The Kier molecular flexibility index (Phi) is 7.53. The van der Waals surface area contributed by atoms with Crippen molar-refractivity contribution in [1.82, 2.24) is 4.90 Å². The van der Waals surface area contributed by atoms with E-state index in [0.29, 0.717) is 25.3 Å². The van der Waals surface area contributed by atoms with Crippen LogP contribution in [-0.4, -0.2) is 43.9 Å². The maximum atomic E-state index is 12.4. The van der Waals surface area contributed by atoms with Crippen LogP contribution in [0.5, 0.6) is 5.75 Å². The highest BCUT2D eigenvalue weighted by atomic mass is 19.4. The van der Waals surface area contributed by atoms with Crippen LogP contribution < -0.4 is 10.5 Å². The van der Waals surface area contributed by atoms with E-state index in [1.54, 1.807) is 0 Å². The summed E-state index contributed by atoms with van der Waals surface area (Å²) in [6, 6.07) is 7.47. The van der Waals surface area contributed by atoms with Crippen LogP contribution in [0, 0.1) is 0 Å². The fourth-order valence-electron chi connectivity index (χ4n) is 2.05. The van der Waals surface area contributed by atoms with Crippen molar-refractivity contribution < 1.29 is 17.9 Å². The molecule has 0 spiro atoms. The summed E-state index contributed by atoms with van der Waals surface area (Å²) in [7, 11) is 0. The lowest BCUT2D eigenvalue weighted by Gasteiger charge is -2.23. The normalized spacial score (nSPS) is 11.9. The molecule has 0 saturated carbocycles. The van der Waals surface area contributed by atoms with Crippen LogP contribution in [0.4, 0.5) is 13.2 Å². The maximum Gasteiger partial charge on any atom is 0.401 e. The molecule has 3 nitrogen and oxygen atoms in total. The standard InChI is InChI=1S/C15H23F3N2O/c1-2-9-20(12-15(16,17)18)10-11-21-14-5-3-13(4-6-14)7-8-19/h3-6H,2,7-12,19H2,1H3. The third-order valence-electron chi connectivity index (χ3n) is 2.98. The van der Waals surface area contributed by atoms with Crippen molar-refractivity contribution in [3.63, 3.8) is 0 Å². The molecule has 0 aliphatic rings. The van der Waals surface area contributed by atoms with Gasteiger partial charge in [0.15, 0.2) is 0 Å². The Hall–Kier alpha value is -1.27. The highest BCUT2D eigenvalue weighted by Crippen LogP contribution is 2.17. The lowest BCUT2D eigenvalue weighted by atomic mass is 10.1. The molecular weight excluding hydrogens is 281 g/mol. The second-order valence-corrected chi connectivity index (χ2v) is 4.92. The molecule has 6 heteroatoms. The summed E-state index contributed by atoms with van der Waals surface area (Å²) < 4.78 is 42.7. The molecule has 0 aromatic heterocycles.